The molecular formula is C14H17NO4. The summed E-state index contributed by atoms with van der Waals surface area (Å²) in [4.78, 5) is 11.6. The Kier molecular flexibility index (Phi) is 2.86. The van der Waals surface area contributed by atoms with Crippen LogP contribution < -0.4 is 14.8 Å². The lowest BCUT2D eigenvalue weighted by molar-refractivity contribution is -0.131. The lowest BCUT2D eigenvalue weighted by Crippen LogP contribution is -2.65. The van der Waals surface area contributed by atoms with Gasteiger partial charge in [-0.2, -0.15) is 0 Å². The van der Waals surface area contributed by atoms with Gasteiger partial charge in [0, 0.05) is 18.4 Å². The maximum absolute atomic E-state index is 11.6. The van der Waals surface area contributed by atoms with E-state index in [1.165, 1.54) is 0 Å². The number of fused-ring (bicyclic) bond motifs is 1. The molecule has 1 amide bonds. The van der Waals surface area contributed by atoms with Crippen LogP contribution in [-0.2, 0) is 11.2 Å². The number of carbonyl (C=O) groups is 1. The van der Waals surface area contributed by atoms with Crippen molar-refractivity contribution < 1.29 is 19.4 Å². The zero-order chi connectivity index (χ0) is 13.5. The van der Waals surface area contributed by atoms with Gasteiger partial charge in [-0.05, 0) is 18.6 Å². The van der Waals surface area contributed by atoms with Gasteiger partial charge in [0.1, 0.15) is 23.6 Å². The van der Waals surface area contributed by atoms with Crippen LogP contribution in [0.3, 0.4) is 0 Å². The molecule has 0 bridgehead atoms. The van der Waals surface area contributed by atoms with Gasteiger partial charge in [-0.15, -0.1) is 0 Å². The third kappa shape index (κ3) is 1.94. The Balaban J connectivity index is 1.98. The molecule has 0 saturated carbocycles. The average molecular weight is 263 g/mol. The molecule has 1 aromatic rings. The highest BCUT2D eigenvalue weighted by molar-refractivity contribution is 5.78. The fourth-order valence-corrected chi connectivity index (χ4v) is 2.88. The largest absolute Gasteiger partial charge is 0.496 e. The third-order valence-electron chi connectivity index (χ3n) is 3.96. The molecule has 0 aromatic heterocycles. The predicted molar refractivity (Wildman–Crippen MR) is 68.3 cm³/mol. The summed E-state index contributed by atoms with van der Waals surface area (Å²) < 4.78 is 11.1. The fourth-order valence-electron chi connectivity index (χ4n) is 2.88. The topological polar surface area (TPSA) is 67.8 Å². The average Bonchev–Trinajstić information content (AvgIpc) is 2.42. The number of aliphatic hydroxyl groups is 1. The van der Waals surface area contributed by atoms with Crippen LogP contribution in [0, 0.1) is 0 Å². The first kappa shape index (κ1) is 12.3. The van der Waals surface area contributed by atoms with Gasteiger partial charge in [0.15, 0.2) is 0 Å². The van der Waals surface area contributed by atoms with Gasteiger partial charge < -0.3 is 19.9 Å². The van der Waals surface area contributed by atoms with Crippen molar-refractivity contribution in [3.63, 3.8) is 0 Å². The quantitative estimate of drug-likeness (QED) is 0.780. The molecule has 1 aromatic carbocycles. The number of nitrogens with one attached hydrogen (secondary N) is 1. The smallest absolute Gasteiger partial charge is 0.220 e. The van der Waals surface area contributed by atoms with Crippen LogP contribution in [0.4, 0.5) is 0 Å². The molecule has 1 saturated heterocycles. The summed E-state index contributed by atoms with van der Waals surface area (Å²) in [6.45, 7) is 0.292. The molecule has 2 N–H and O–H groups in total. The highest BCUT2D eigenvalue weighted by Gasteiger charge is 2.46. The molecule has 5 nitrogen and oxygen atoms in total. The first-order valence-corrected chi connectivity index (χ1v) is 6.42. The molecule has 2 atom stereocenters. The summed E-state index contributed by atoms with van der Waals surface area (Å²) in [7, 11) is 1.60. The van der Waals surface area contributed by atoms with E-state index in [2.05, 4.69) is 5.32 Å². The number of ether oxygens (including phenoxy) is 2. The Morgan fingerprint density at radius 3 is 3.16 bits per heavy atom. The van der Waals surface area contributed by atoms with Crippen molar-refractivity contribution in [2.45, 2.75) is 30.9 Å². The molecule has 0 radical (unpaired) electrons. The number of aliphatic hydroxyl groups excluding tert-OH is 1. The van der Waals surface area contributed by atoms with Crippen LogP contribution in [0.25, 0.3) is 0 Å². The molecule has 5 heteroatoms. The Hall–Kier alpha value is -1.75. The summed E-state index contributed by atoms with van der Waals surface area (Å²) in [6.07, 6.45) is 0.768. The van der Waals surface area contributed by atoms with Crippen molar-refractivity contribution >= 4 is 5.91 Å². The number of benzene rings is 1. The van der Waals surface area contributed by atoms with Gasteiger partial charge in [-0.1, -0.05) is 6.07 Å². The van der Waals surface area contributed by atoms with Crippen molar-refractivity contribution in [1.29, 1.82) is 0 Å². The highest BCUT2D eigenvalue weighted by atomic mass is 16.5. The van der Waals surface area contributed by atoms with E-state index >= 15 is 0 Å². The number of rotatable bonds is 1. The second-order valence-electron chi connectivity index (χ2n) is 5.16. The third-order valence-corrected chi connectivity index (χ3v) is 3.96. The number of methoxy groups -OCH3 is 1. The normalized spacial score (nSPS) is 29.4. The van der Waals surface area contributed by atoms with Crippen LogP contribution >= 0.6 is 0 Å². The molecule has 0 aliphatic carbocycles. The minimum absolute atomic E-state index is 0.0350. The minimum Gasteiger partial charge on any atom is -0.496 e. The van der Waals surface area contributed by atoms with E-state index in [-0.39, 0.29) is 5.91 Å². The predicted octanol–water partition coefficient (Wildman–Crippen LogP) is 0.640. The molecule has 2 heterocycles. The van der Waals surface area contributed by atoms with Gasteiger partial charge >= 0.3 is 0 Å². The Morgan fingerprint density at radius 1 is 1.53 bits per heavy atom. The van der Waals surface area contributed by atoms with Gasteiger partial charge in [0.05, 0.1) is 13.2 Å². The molecule has 0 unspecified atom stereocenters. The standard InChI is InChI=1S/C14H17NO4/c1-18-10-3-2-4-11-9(10)7-14(8-19-11)12(16)5-6-13(17)15-14/h2-4,12,16H,5-8H2,1H3,(H,15,17)/t12-,14+/m1/s1. The van der Waals surface area contributed by atoms with E-state index < -0.39 is 11.6 Å². The van der Waals surface area contributed by atoms with Crippen molar-refractivity contribution in [2.24, 2.45) is 0 Å². The van der Waals surface area contributed by atoms with E-state index in [1.807, 2.05) is 18.2 Å². The zero-order valence-electron chi connectivity index (χ0n) is 10.8. The summed E-state index contributed by atoms with van der Waals surface area (Å²) in [5, 5.41) is 13.2. The Bertz CT molecular complexity index is 502. The number of amides is 1. The summed E-state index contributed by atoms with van der Waals surface area (Å²) >= 11 is 0. The van der Waals surface area contributed by atoms with Crippen LogP contribution in [0.15, 0.2) is 18.2 Å². The van der Waals surface area contributed by atoms with Gasteiger partial charge in [0.2, 0.25) is 5.91 Å². The second-order valence-corrected chi connectivity index (χ2v) is 5.16. The maximum atomic E-state index is 11.6. The van der Waals surface area contributed by atoms with E-state index in [4.69, 9.17) is 9.47 Å². The van der Waals surface area contributed by atoms with Crippen LogP contribution in [0.5, 0.6) is 11.5 Å². The molecule has 102 valence electrons. The van der Waals surface area contributed by atoms with Crippen LogP contribution in [0.2, 0.25) is 0 Å². The Labute approximate surface area is 111 Å². The minimum atomic E-state index is -0.725. The maximum Gasteiger partial charge on any atom is 0.220 e. The molecule has 2 aliphatic heterocycles. The molecular weight excluding hydrogens is 246 g/mol. The lowest BCUT2D eigenvalue weighted by atomic mass is 9.79. The number of carbonyl (C=O) groups excluding carboxylic acids is 1. The number of piperidine rings is 1. The van der Waals surface area contributed by atoms with Crippen molar-refractivity contribution in [1.82, 2.24) is 5.32 Å². The highest BCUT2D eigenvalue weighted by Crippen LogP contribution is 2.38. The van der Waals surface area contributed by atoms with Gasteiger partial charge in [-0.25, -0.2) is 0 Å². The lowest BCUT2D eigenvalue weighted by Gasteiger charge is -2.44. The zero-order valence-corrected chi connectivity index (χ0v) is 10.8. The van der Waals surface area contributed by atoms with Crippen molar-refractivity contribution in [2.75, 3.05) is 13.7 Å². The summed E-state index contributed by atoms with van der Waals surface area (Å²) in [6, 6.07) is 5.60. The molecule has 1 fully saturated rings. The fraction of sp³-hybridized carbons (Fsp3) is 0.500. The first-order chi connectivity index (χ1) is 9.14. The Morgan fingerprint density at radius 2 is 2.37 bits per heavy atom. The van der Waals surface area contributed by atoms with Crippen LogP contribution in [-0.4, -0.2) is 36.4 Å². The van der Waals surface area contributed by atoms with E-state index in [1.54, 1.807) is 7.11 Å². The van der Waals surface area contributed by atoms with Crippen molar-refractivity contribution in [3.8, 4) is 11.5 Å². The first-order valence-electron chi connectivity index (χ1n) is 6.42. The van der Waals surface area contributed by atoms with E-state index in [0.717, 1.165) is 17.1 Å². The monoisotopic (exact) mass is 263 g/mol. The van der Waals surface area contributed by atoms with Gasteiger partial charge in [0.25, 0.3) is 0 Å². The molecule has 3 rings (SSSR count). The van der Waals surface area contributed by atoms with E-state index in [0.29, 0.717) is 25.9 Å². The van der Waals surface area contributed by atoms with E-state index in [9.17, 15) is 9.90 Å². The van der Waals surface area contributed by atoms with Gasteiger partial charge in [-0.3, -0.25) is 4.79 Å². The number of hydrogen-bond acceptors (Lipinski definition) is 4. The summed E-state index contributed by atoms with van der Waals surface area (Å²) in [5.41, 5.74) is 0.175. The molecule has 2 aliphatic rings. The van der Waals surface area contributed by atoms with Crippen molar-refractivity contribution in [3.05, 3.63) is 23.8 Å². The second kappa shape index (κ2) is 4.42. The van der Waals surface area contributed by atoms with Crippen LogP contribution in [0.1, 0.15) is 18.4 Å². The SMILES string of the molecule is COc1cccc2c1C[C@@]1(CO2)NC(=O)CC[C@H]1O. The molecule has 19 heavy (non-hydrogen) atoms. The molecule has 1 spiro atoms. The summed E-state index contributed by atoms with van der Waals surface area (Å²) in [5.74, 6) is 1.45. The number of hydrogen-bond donors (Lipinski definition) is 2.